The summed E-state index contributed by atoms with van der Waals surface area (Å²) in [5.41, 5.74) is 1.20. The zero-order valence-electron chi connectivity index (χ0n) is 17.7. The number of hydrogen-bond donors (Lipinski definition) is 1. The molecule has 0 fully saturated rings. The Morgan fingerprint density at radius 3 is 2.30 bits per heavy atom. The molecule has 4 aromatic rings. The van der Waals surface area contributed by atoms with Crippen LogP contribution in [-0.2, 0) is 16.9 Å². The van der Waals surface area contributed by atoms with Crippen molar-refractivity contribution in [2.45, 2.75) is 18.6 Å². The number of nitrogens with zero attached hydrogens (tertiary/aromatic N) is 2. The zero-order chi connectivity index (χ0) is 23.0. The van der Waals surface area contributed by atoms with E-state index in [1.54, 1.807) is 30.3 Å². The lowest BCUT2D eigenvalue weighted by Gasteiger charge is -2.23. The fraction of sp³-hybridized carbons (Fsp3) is 0.111. The lowest BCUT2D eigenvalue weighted by Crippen LogP contribution is -2.41. The third-order valence-electron chi connectivity index (χ3n) is 5.99. The van der Waals surface area contributed by atoms with Crippen molar-refractivity contribution in [3.63, 3.8) is 0 Å². The summed E-state index contributed by atoms with van der Waals surface area (Å²) >= 11 is 6.20. The van der Waals surface area contributed by atoms with E-state index in [9.17, 15) is 14.7 Å². The molecule has 164 valence electrons. The largest absolute Gasteiger partial charge is 0.375 e. The van der Waals surface area contributed by atoms with E-state index in [-0.39, 0.29) is 18.7 Å². The van der Waals surface area contributed by atoms with Gasteiger partial charge in [0, 0.05) is 34.2 Å². The van der Waals surface area contributed by atoms with Crippen LogP contribution in [0.25, 0.3) is 5.69 Å². The van der Waals surface area contributed by atoms with Crippen LogP contribution >= 0.6 is 11.6 Å². The van der Waals surface area contributed by atoms with Crippen LogP contribution in [0.2, 0.25) is 5.02 Å². The van der Waals surface area contributed by atoms with Crippen LogP contribution in [0.5, 0.6) is 0 Å². The molecule has 5 rings (SSSR count). The molecular weight excluding hydrogens is 436 g/mol. The van der Waals surface area contributed by atoms with Crippen LogP contribution in [0, 0.1) is 0 Å². The Labute approximate surface area is 196 Å². The van der Waals surface area contributed by atoms with Crippen LogP contribution in [0.1, 0.15) is 27.9 Å². The second-order valence-electron chi connectivity index (χ2n) is 8.14. The van der Waals surface area contributed by atoms with Gasteiger partial charge in [-0.15, -0.1) is 0 Å². The number of benzene rings is 3. The van der Waals surface area contributed by atoms with Gasteiger partial charge in [0.15, 0.2) is 11.4 Å². The van der Waals surface area contributed by atoms with E-state index in [2.05, 4.69) is 0 Å². The summed E-state index contributed by atoms with van der Waals surface area (Å²) in [6.45, 7) is 0.288. The number of anilines is 1. The fourth-order valence-electron chi connectivity index (χ4n) is 4.28. The van der Waals surface area contributed by atoms with Gasteiger partial charge in [0.1, 0.15) is 0 Å². The minimum atomic E-state index is -1.98. The predicted octanol–water partition coefficient (Wildman–Crippen LogP) is 5.14. The van der Waals surface area contributed by atoms with Gasteiger partial charge in [-0.25, -0.2) is 0 Å². The summed E-state index contributed by atoms with van der Waals surface area (Å²) in [6, 6.07) is 25.4. The highest BCUT2D eigenvalue weighted by Gasteiger charge is 2.51. The number of aromatic nitrogens is 1. The first kappa shape index (κ1) is 21.2. The number of fused-ring (bicyclic) bond motifs is 1. The molecule has 0 bridgehead atoms. The highest BCUT2D eigenvalue weighted by molar-refractivity contribution is 6.31. The highest BCUT2D eigenvalue weighted by atomic mass is 35.5. The zero-order valence-corrected chi connectivity index (χ0v) is 18.4. The molecule has 5 nitrogen and oxygen atoms in total. The number of amides is 1. The predicted molar refractivity (Wildman–Crippen MR) is 128 cm³/mol. The van der Waals surface area contributed by atoms with Crippen molar-refractivity contribution in [3.05, 3.63) is 119 Å². The molecule has 6 heteroatoms. The first-order valence-electron chi connectivity index (χ1n) is 10.6. The summed E-state index contributed by atoms with van der Waals surface area (Å²) in [4.78, 5) is 28.1. The maximum absolute atomic E-state index is 13.5. The van der Waals surface area contributed by atoms with Gasteiger partial charge in [-0.05, 0) is 60.2 Å². The quantitative estimate of drug-likeness (QED) is 0.409. The topological polar surface area (TPSA) is 62.5 Å². The Bertz CT molecular complexity index is 1320. The highest BCUT2D eigenvalue weighted by Crippen LogP contribution is 2.44. The van der Waals surface area contributed by atoms with Crippen LogP contribution in [-0.4, -0.2) is 21.4 Å². The first-order chi connectivity index (χ1) is 16.0. The average molecular weight is 457 g/mol. The normalized spacial score (nSPS) is 17.3. The molecule has 1 aromatic heterocycles. The van der Waals surface area contributed by atoms with Crippen molar-refractivity contribution < 1.29 is 14.7 Å². The summed E-state index contributed by atoms with van der Waals surface area (Å²) in [6.07, 6.45) is 3.46. The van der Waals surface area contributed by atoms with Crippen molar-refractivity contribution in [3.8, 4) is 5.69 Å². The number of halogens is 1. The summed E-state index contributed by atoms with van der Waals surface area (Å²) in [5.74, 6) is -0.849. The number of rotatable bonds is 6. The van der Waals surface area contributed by atoms with Crippen LogP contribution < -0.4 is 4.90 Å². The molecule has 0 saturated carbocycles. The van der Waals surface area contributed by atoms with Crippen molar-refractivity contribution >= 4 is 29.0 Å². The van der Waals surface area contributed by atoms with Crippen molar-refractivity contribution in [2.75, 3.05) is 4.90 Å². The summed E-state index contributed by atoms with van der Waals surface area (Å²) in [5, 5.41) is 11.9. The molecule has 1 amide bonds. The number of carbonyl (C=O) groups excluding carboxylic acids is 2. The molecule has 1 atom stereocenters. The smallest absolute Gasteiger partial charge is 0.264 e. The van der Waals surface area contributed by atoms with E-state index in [1.165, 1.54) is 4.90 Å². The van der Waals surface area contributed by atoms with E-state index in [0.29, 0.717) is 21.8 Å². The monoisotopic (exact) mass is 456 g/mol. The molecule has 2 heterocycles. The van der Waals surface area contributed by atoms with Crippen molar-refractivity contribution in [1.82, 2.24) is 4.57 Å². The number of aliphatic hydroxyl groups is 1. The Balaban J connectivity index is 1.45. The van der Waals surface area contributed by atoms with Gasteiger partial charge >= 0.3 is 0 Å². The second kappa shape index (κ2) is 8.35. The molecule has 0 aliphatic carbocycles. The number of Topliss-reactive ketones (excluding diaryl/α,β-unsaturated/α-hetero) is 1. The lowest BCUT2D eigenvalue weighted by atomic mass is 9.88. The Morgan fingerprint density at radius 1 is 0.909 bits per heavy atom. The number of hydrogen-bond acceptors (Lipinski definition) is 3. The maximum Gasteiger partial charge on any atom is 0.264 e. The summed E-state index contributed by atoms with van der Waals surface area (Å²) in [7, 11) is 0. The number of ketones is 1. The lowest BCUT2D eigenvalue weighted by molar-refractivity contribution is -0.136. The molecule has 1 aliphatic rings. The van der Waals surface area contributed by atoms with Gasteiger partial charge < -0.3 is 14.6 Å². The van der Waals surface area contributed by atoms with Crippen molar-refractivity contribution in [1.29, 1.82) is 0 Å². The standard InChI is InChI=1S/C27H21ClN2O3/c28-21-10-13-24-23(16-21)27(33,26(32)30(24)18-19-6-2-1-3-7-19)17-25(31)20-8-11-22(12-9-20)29-14-4-5-15-29/h1-16,33H,17-18H2/t27-/m0/s1. The third kappa shape index (κ3) is 3.86. The minimum Gasteiger partial charge on any atom is -0.375 e. The Morgan fingerprint density at radius 2 is 1.61 bits per heavy atom. The third-order valence-corrected chi connectivity index (χ3v) is 6.22. The molecule has 1 N–H and O–H groups in total. The van der Waals surface area contributed by atoms with E-state index >= 15 is 0 Å². The maximum atomic E-state index is 13.5. The van der Waals surface area contributed by atoms with Gasteiger partial charge in [0.25, 0.3) is 5.91 Å². The van der Waals surface area contributed by atoms with E-state index < -0.39 is 11.5 Å². The van der Waals surface area contributed by atoms with E-state index in [4.69, 9.17) is 11.6 Å². The average Bonchev–Trinajstić information content (AvgIpc) is 3.43. The second-order valence-corrected chi connectivity index (χ2v) is 8.57. The van der Waals surface area contributed by atoms with Gasteiger partial charge in [-0.3, -0.25) is 9.59 Å². The SMILES string of the molecule is O=C(C[C@@]1(O)C(=O)N(Cc2ccccc2)c2ccc(Cl)cc21)c1ccc(-n2cccc2)cc1. The minimum absolute atomic E-state index is 0.288. The Hall–Kier alpha value is -3.67. The van der Waals surface area contributed by atoms with Crippen LogP contribution in [0.4, 0.5) is 5.69 Å². The number of carbonyl (C=O) groups is 2. The van der Waals surface area contributed by atoms with Gasteiger partial charge in [0.05, 0.1) is 18.7 Å². The summed E-state index contributed by atoms with van der Waals surface area (Å²) < 4.78 is 1.93. The van der Waals surface area contributed by atoms with Crippen LogP contribution in [0.15, 0.2) is 97.3 Å². The van der Waals surface area contributed by atoms with E-state index in [1.807, 2.05) is 71.6 Å². The van der Waals surface area contributed by atoms with Crippen molar-refractivity contribution in [2.24, 2.45) is 0 Å². The molecule has 3 aromatic carbocycles. The fourth-order valence-corrected chi connectivity index (χ4v) is 4.45. The molecule has 0 radical (unpaired) electrons. The Kier molecular flexibility index (Phi) is 5.36. The molecule has 33 heavy (non-hydrogen) atoms. The van der Waals surface area contributed by atoms with Gasteiger partial charge in [-0.1, -0.05) is 41.9 Å². The van der Waals surface area contributed by atoms with Gasteiger partial charge in [0.2, 0.25) is 0 Å². The molecule has 0 spiro atoms. The first-order valence-corrected chi connectivity index (χ1v) is 11.0. The van der Waals surface area contributed by atoms with E-state index in [0.717, 1.165) is 11.3 Å². The molecule has 1 aliphatic heterocycles. The van der Waals surface area contributed by atoms with Crippen LogP contribution in [0.3, 0.4) is 0 Å². The molecule has 0 unspecified atom stereocenters. The molecular formula is C27H21ClN2O3. The molecule has 0 saturated heterocycles. The van der Waals surface area contributed by atoms with Gasteiger partial charge in [-0.2, -0.15) is 0 Å².